The van der Waals surface area contributed by atoms with Crippen LogP contribution in [0.1, 0.15) is 43.9 Å². The van der Waals surface area contributed by atoms with Gasteiger partial charge in [0.2, 0.25) is 0 Å². The SMILES string of the molecule is CC(C)(C)c1cccc2c1CC(C(=O)O)CC2. The normalized spacial score (nSPS) is 19.8. The van der Waals surface area contributed by atoms with E-state index in [0.717, 1.165) is 12.8 Å². The molecule has 0 saturated heterocycles. The number of hydrogen-bond acceptors (Lipinski definition) is 1. The molecular weight excluding hydrogens is 212 g/mol. The molecule has 0 bridgehead atoms. The number of rotatable bonds is 1. The minimum absolute atomic E-state index is 0.0890. The van der Waals surface area contributed by atoms with Gasteiger partial charge in [-0.2, -0.15) is 0 Å². The van der Waals surface area contributed by atoms with Crippen molar-refractivity contribution in [1.82, 2.24) is 0 Å². The first-order valence-electron chi connectivity index (χ1n) is 6.23. The topological polar surface area (TPSA) is 37.3 Å². The van der Waals surface area contributed by atoms with Gasteiger partial charge in [-0.3, -0.25) is 4.79 Å². The summed E-state index contributed by atoms with van der Waals surface area (Å²) in [7, 11) is 0. The van der Waals surface area contributed by atoms with E-state index in [-0.39, 0.29) is 11.3 Å². The van der Waals surface area contributed by atoms with Crippen molar-refractivity contribution in [2.45, 2.75) is 45.4 Å². The lowest BCUT2D eigenvalue weighted by Crippen LogP contribution is -2.25. The van der Waals surface area contributed by atoms with E-state index in [2.05, 4.69) is 39.0 Å². The van der Waals surface area contributed by atoms with Gasteiger partial charge in [0.25, 0.3) is 0 Å². The number of benzene rings is 1. The fourth-order valence-electron chi connectivity index (χ4n) is 2.70. The first-order valence-corrected chi connectivity index (χ1v) is 6.23. The quantitative estimate of drug-likeness (QED) is 0.807. The summed E-state index contributed by atoms with van der Waals surface area (Å²) in [5.41, 5.74) is 4.01. The standard InChI is InChI=1S/C15H20O2/c1-15(2,3)13-6-4-5-10-7-8-11(14(16)17)9-12(10)13/h4-6,11H,7-9H2,1-3H3,(H,16,17). The highest BCUT2D eigenvalue weighted by Gasteiger charge is 2.28. The Balaban J connectivity index is 2.43. The first kappa shape index (κ1) is 12.2. The smallest absolute Gasteiger partial charge is 0.306 e. The highest BCUT2D eigenvalue weighted by Crippen LogP contribution is 2.34. The third kappa shape index (κ3) is 2.36. The highest BCUT2D eigenvalue weighted by atomic mass is 16.4. The Kier molecular flexibility index (Phi) is 2.98. The number of fused-ring (bicyclic) bond motifs is 1. The maximum atomic E-state index is 11.1. The van der Waals surface area contributed by atoms with Crippen LogP contribution in [0.4, 0.5) is 0 Å². The van der Waals surface area contributed by atoms with E-state index < -0.39 is 5.97 Å². The Hall–Kier alpha value is -1.31. The lowest BCUT2D eigenvalue weighted by Gasteiger charge is -2.29. The Morgan fingerprint density at radius 1 is 1.35 bits per heavy atom. The van der Waals surface area contributed by atoms with Crippen molar-refractivity contribution in [3.63, 3.8) is 0 Å². The fraction of sp³-hybridized carbons (Fsp3) is 0.533. The van der Waals surface area contributed by atoms with Crippen LogP contribution in [0.3, 0.4) is 0 Å². The predicted molar refractivity (Wildman–Crippen MR) is 68.3 cm³/mol. The summed E-state index contributed by atoms with van der Waals surface area (Å²) in [6.45, 7) is 6.56. The van der Waals surface area contributed by atoms with Crippen molar-refractivity contribution in [2.75, 3.05) is 0 Å². The summed E-state index contributed by atoms with van der Waals surface area (Å²) in [5.74, 6) is -0.856. The molecule has 1 aromatic carbocycles. The van der Waals surface area contributed by atoms with E-state index in [4.69, 9.17) is 5.11 Å². The summed E-state index contributed by atoms with van der Waals surface area (Å²) >= 11 is 0. The molecule has 1 unspecified atom stereocenters. The third-order valence-electron chi connectivity index (χ3n) is 3.64. The summed E-state index contributed by atoms with van der Waals surface area (Å²) < 4.78 is 0. The van der Waals surface area contributed by atoms with Crippen molar-refractivity contribution >= 4 is 5.97 Å². The van der Waals surface area contributed by atoms with Crippen LogP contribution in [-0.2, 0) is 23.1 Å². The van der Waals surface area contributed by atoms with Crippen molar-refractivity contribution < 1.29 is 9.90 Å². The van der Waals surface area contributed by atoms with Crippen LogP contribution in [0.5, 0.6) is 0 Å². The molecule has 0 saturated carbocycles. The van der Waals surface area contributed by atoms with Crippen LogP contribution in [0.2, 0.25) is 0 Å². The second kappa shape index (κ2) is 4.17. The molecule has 0 radical (unpaired) electrons. The maximum absolute atomic E-state index is 11.1. The van der Waals surface area contributed by atoms with Crippen molar-refractivity contribution in [1.29, 1.82) is 0 Å². The molecule has 0 heterocycles. The van der Waals surface area contributed by atoms with E-state index >= 15 is 0 Å². The predicted octanol–water partition coefficient (Wildman–Crippen LogP) is 3.17. The van der Waals surface area contributed by atoms with E-state index in [1.807, 2.05) is 0 Å². The minimum Gasteiger partial charge on any atom is -0.481 e. The van der Waals surface area contributed by atoms with Crippen LogP contribution in [0.15, 0.2) is 18.2 Å². The van der Waals surface area contributed by atoms with Crippen molar-refractivity contribution in [2.24, 2.45) is 5.92 Å². The molecule has 1 atom stereocenters. The van der Waals surface area contributed by atoms with Gasteiger partial charge in [-0.25, -0.2) is 0 Å². The van der Waals surface area contributed by atoms with Gasteiger partial charge in [0, 0.05) is 0 Å². The molecule has 1 aliphatic carbocycles. The first-order chi connectivity index (χ1) is 7.89. The highest BCUT2D eigenvalue weighted by molar-refractivity contribution is 5.71. The largest absolute Gasteiger partial charge is 0.481 e. The molecule has 1 N–H and O–H groups in total. The van der Waals surface area contributed by atoms with Crippen molar-refractivity contribution in [3.05, 3.63) is 34.9 Å². The molecule has 0 spiro atoms. The number of carboxylic acid groups (broad SMARTS) is 1. The van der Waals surface area contributed by atoms with Crippen LogP contribution >= 0.6 is 0 Å². The molecule has 1 aromatic rings. The third-order valence-corrected chi connectivity index (χ3v) is 3.64. The van der Waals surface area contributed by atoms with Crippen LogP contribution in [-0.4, -0.2) is 11.1 Å². The van der Waals surface area contributed by atoms with Gasteiger partial charge >= 0.3 is 5.97 Å². The van der Waals surface area contributed by atoms with Crippen molar-refractivity contribution in [3.8, 4) is 0 Å². The summed E-state index contributed by atoms with van der Waals surface area (Å²) in [6.07, 6.45) is 2.37. The Bertz CT molecular complexity index is 441. The average Bonchev–Trinajstić information content (AvgIpc) is 2.26. The Morgan fingerprint density at radius 2 is 2.06 bits per heavy atom. The van der Waals surface area contributed by atoms with E-state index in [1.54, 1.807) is 0 Å². The van der Waals surface area contributed by atoms with Crippen LogP contribution in [0, 0.1) is 5.92 Å². The number of aliphatic carboxylic acids is 1. The molecule has 0 aromatic heterocycles. The van der Waals surface area contributed by atoms with Gasteiger partial charge in [0.15, 0.2) is 0 Å². The molecule has 92 valence electrons. The van der Waals surface area contributed by atoms with Crippen LogP contribution < -0.4 is 0 Å². The number of hydrogen-bond donors (Lipinski definition) is 1. The molecular formula is C15H20O2. The zero-order chi connectivity index (χ0) is 12.6. The Labute approximate surface area is 103 Å². The molecule has 17 heavy (non-hydrogen) atoms. The average molecular weight is 232 g/mol. The molecule has 2 heteroatoms. The van der Waals surface area contributed by atoms with Crippen LogP contribution in [0.25, 0.3) is 0 Å². The molecule has 0 fully saturated rings. The molecule has 0 amide bonds. The van der Waals surface area contributed by atoms with Gasteiger partial charge in [0.05, 0.1) is 5.92 Å². The second-order valence-corrected chi connectivity index (χ2v) is 5.97. The van der Waals surface area contributed by atoms with Gasteiger partial charge in [0.1, 0.15) is 0 Å². The molecule has 2 rings (SSSR count). The minimum atomic E-state index is -0.653. The molecule has 2 nitrogen and oxygen atoms in total. The summed E-state index contributed by atoms with van der Waals surface area (Å²) in [5, 5.41) is 9.16. The zero-order valence-corrected chi connectivity index (χ0v) is 10.8. The summed E-state index contributed by atoms with van der Waals surface area (Å²) in [4.78, 5) is 11.1. The van der Waals surface area contributed by atoms with E-state index in [1.165, 1.54) is 16.7 Å². The van der Waals surface area contributed by atoms with Gasteiger partial charge in [-0.1, -0.05) is 39.0 Å². The monoisotopic (exact) mass is 232 g/mol. The van der Waals surface area contributed by atoms with Gasteiger partial charge < -0.3 is 5.11 Å². The molecule has 0 aliphatic heterocycles. The lowest BCUT2D eigenvalue weighted by molar-refractivity contribution is -0.142. The number of carbonyl (C=O) groups is 1. The van der Waals surface area contributed by atoms with Gasteiger partial charge in [-0.05, 0) is 41.4 Å². The van der Waals surface area contributed by atoms with Gasteiger partial charge in [-0.15, -0.1) is 0 Å². The Morgan fingerprint density at radius 3 is 2.65 bits per heavy atom. The fourth-order valence-corrected chi connectivity index (χ4v) is 2.70. The maximum Gasteiger partial charge on any atom is 0.306 e. The summed E-state index contributed by atoms with van der Waals surface area (Å²) in [6, 6.07) is 6.38. The lowest BCUT2D eigenvalue weighted by atomic mass is 9.75. The van der Waals surface area contributed by atoms with E-state index in [9.17, 15) is 4.79 Å². The second-order valence-electron chi connectivity index (χ2n) is 5.97. The zero-order valence-electron chi connectivity index (χ0n) is 10.8. The number of aryl methyl sites for hydroxylation is 1. The number of carboxylic acids is 1. The molecule has 1 aliphatic rings. The van der Waals surface area contributed by atoms with E-state index in [0.29, 0.717) is 6.42 Å².